The van der Waals surface area contributed by atoms with Crippen molar-refractivity contribution in [1.82, 2.24) is 10.2 Å². The monoisotopic (exact) mass is 413 g/mol. The van der Waals surface area contributed by atoms with Gasteiger partial charge in [0.2, 0.25) is 0 Å². The fourth-order valence-corrected chi connectivity index (χ4v) is 4.20. The number of hydrogen-bond donors (Lipinski definition) is 2. The number of amides is 2. The van der Waals surface area contributed by atoms with E-state index in [-0.39, 0.29) is 18.4 Å². The summed E-state index contributed by atoms with van der Waals surface area (Å²) < 4.78 is 5.48. The summed E-state index contributed by atoms with van der Waals surface area (Å²) >= 11 is 6.13. The number of fused-ring (bicyclic) bond motifs is 1. The molecule has 0 aromatic heterocycles. The number of carbonyl (C=O) groups is 2. The molecular formula is C22H24ClN3O3. The number of anilines is 1. The van der Waals surface area contributed by atoms with Crippen LogP contribution < -0.4 is 15.4 Å². The summed E-state index contributed by atoms with van der Waals surface area (Å²) in [6, 6.07) is 13.9. The maximum atomic E-state index is 12.8. The molecule has 29 heavy (non-hydrogen) atoms. The Morgan fingerprint density at radius 1 is 1.28 bits per heavy atom. The average Bonchev–Trinajstić information content (AvgIpc) is 3.17. The SMILES string of the molecule is O=C1COc2c(cc(Cl)cc2C(=O)NCC2CCCN2CCc2ccccc2)N1. The molecule has 1 atom stereocenters. The summed E-state index contributed by atoms with van der Waals surface area (Å²) in [7, 11) is 0. The van der Waals surface area contributed by atoms with Crippen LogP contribution in [0.5, 0.6) is 5.75 Å². The molecule has 2 aromatic carbocycles. The van der Waals surface area contributed by atoms with E-state index in [1.807, 2.05) is 6.07 Å². The minimum absolute atomic E-state index is 0.106. The molecule has 2 aromatic rings. The number of likely N-dealkylation sites (tertiary alicyclic amines) is 1. The van der Waals surface area contributed by atoms with Crippen molar-refractivity contribution in [2.75, 3.05) is 31.6 Å². The quantitative estimate of drug-likeness (QED) is 0.763. The number of carbonyl (C=O) groups excluding carboxylic acids is 2. The van der Waals surface area contributed by atoms with Crippen molar-refractivity contribution in [3.05, 3.63) is 58.6 Å². The van der Waals surface area contributed by atoms with E-state index in [0.717, 1.165) is 32.4 Å². The number of benzene rings is 2. The van der Waals surface area contributed by atoms with Crippen molar-refractivity contribution in [2.24, 2.45) is 0 Å². The van der Waals surface area contributed by atoms with Gasteiger partial charge in [-0.25, -0.2) is 0 Å². The van der Waals surface area contributed by atoms with E-state index in [1.54, 1.807) is 12.1 Å². The minimum Gasteiger partial charge on any atom is -0.481 e. The van der Waals surface area contributed by atoms with Gasteiger partial charge in [0.15, 0.2) is 12.4 Å². The second-order valence-corrected chi connectivity index (χ2v) is 7.88. The van der Waals surface area contributed by atoms with Crippen molar-refractivity contribution in [3.8, 4) is 5.75 Å². The molecule has 1 unspecified atom stereocenters. The predicted octanol–water partition coefficient (Wildman–Crippen LogP) is 3.11. The Kier molecular flexibility index (Phi) is 6.02. The zero-order chi connectivity index (χ0) is 20.2. The van der Waals surface area contributed by atoms with Gasteiger partial charge in [-0.1, -0.05) is 41.9 Å². The molecule has 0 radical (unpaired) electrons. The van der Waals surface area contributed by atoms with Gasteiger partial charge in [-0.2, -0.15) is 0 Å². The molecule has 2 heterocycles. The maximum absolute atomic E-state index is 12.8. The molecule has 2 aliphatic rings. The fraction of sp³-hybridized carbons (Fsp3) is 0.364. The standard InChI is InChI=1S/C22H24ClN3O3/c23-16-11-18(21-19(12-16)25-20(27)14-29-21)22(28)24-13-17-7-4-9-26(17)10-8-15-5-2-1-3-6-15/h1-3,5-6,11-12,17H,4,7-10,13-14H2,(H,24,28)(H,25,27). The average molecular weight is 414 g/mol. The van der Waals surface area contributed by atoms with Gasteiger partial charge in [0, 0.05) is 24.2 Å². The van der Waals surface area contributed by atoms with Crippen molar-refractivity contribution < 1.29 is 14.3 Å². The van der Waals surface area contributed by atoms with E-state index in [1.165, 1.54) is 5.56 Å². The topological polar surface area (TPSA) is 70.7 Å². The van der Waals surface area contributed by atoms with E-state index in [9.17, 15) is 9.59 Å². The lowest BCUT2D eigenvalue weighted by Crippen LogP contribution is -2.41. The maximum Gasteiger partial charge on any atom is 0.262 e. The number of nitrogens with zero attached hydrogens (tertiary/aromatic N) is 1. The lowest BCUT2D eigenvalue weighted by Gasteiger charge is -2.25. The number of nitrogens with one attached hydrogen (secondary N) is 2. The Hall–Kier alpha value is -2.57. The molecule has 0 bridgehead atoms. The first-order valence-electron chi connectivity index (χ1n) is 9.92. The smallest absolute Gasteiger partial charge is 0.262 e. The Morgan fingerprint density at radius 3 is 2.93 bits per heavy atom. The van der Waals surface area contributed by atoms with Crippen LogP contribution in [0.3, 0.4) is 0 Å². The number of hydrogen-bond acceptors (Lipinski definition) is 4. The van der Waals surface area contributed by atoms with Gasteiger partial charge < -0.3 is 15.4 Å². The Bertz CT molecular complexity index is 904. The van der Waals surface area contributed by atoms with Gasteiger partial charge in [0.05, 0.1) is 11.3 Å². The second kappa shape index (κ2) is 8.84. The normalized spacial score (nSPS) is 18.7. The Balaban J connectivity index is 1.37. The first-order chi connectivity index (χ1) is 14.1. The number of halogens is 1. The summed E-state index contributed by atoms with van der Waals surface area (Å²) in [6.45, 7) is 2.49. The highest BCUT2D eigenvalue weighted by molar-refractivity contribution is 6.31. The van der Waals surface area contributed by atoms with Gasteiger partial charge in [0.1, 0.15) is 0 Å². The molecule has 1 fully saturated rings. The minimum atomic E-state index is -0.258. The van der Waals surface area contributed by atoms with Gasteiger partial charge in [0.25, 0.3) is 11.8 Å². The number of ether oxygens (including phenoxy) is 1. The lowest BCUT2D eigenvalue weighted by molar-refractivity contribution is -0.118. The summed E-state index contributed by atoms with van der Waals surface area (Å²) in [5.74, 6) is -0.125. The molecule has 2 amide bonds. The molecule has 152 valence electrons. The molecule has 2 N–H and O–H groups in total. The third kappa shape index (κ3) is 4.71. The molecule has 6 nitrogen and oxygen atoms in total. The van der Waals surface area contributed by atoms with E-state index in [2.05, 4.69) is 39.8 Å². The third-order valence-corrected chi connectivity index (χ3v) is 5.67. The first-order valence-corrected chi connectivity index (χ1v) is 10.3. The van der Waals surface area contributed by atoms with E-state index in [4.69, 9.17) is 16.3 Å². The zero-order valence-electron chi connectivity index (χ0n) is 16.1. The van der Waals surface area contributed by atoms with Gasteiger partial charge in [-0.3, -0.25) is 14.5 Å². The van der Waals surface area contributed by atoms with Crippen LogP contribution in [0.15, 0.2) is 42.5 Å². The van der Waals surface area contributed by atoms with E-state index in [0.29, 0.717) is 34.6 Å². The van der Waals surface area contributed by atoms with Crippen LogP contribution in [-0.2, 0) is 11.2 Å². The highest BCUT2D eigenvalue weighted by Gasteiger charge is 2.27. The molecule has 0 spiro atoms. The fourth-order valence-electron chi connectivity index (χ4n) is 3.98. The van der Waals surface area contributed by atoms with Crippen molar-refractivity contribution in [3.63, 3.8) is 0 Å². The van der Waals surface area contributed by atoms with E-state index < -0.39 is 0 Å². The zero-order valence-corrected chi connectivity index (χ0v) is 16.9. The van der Waals surface area contributed by atoms with Crippen LogP contribution in [0.4, 0.5) is 5.69 Å². The molecular weight excluding hydrogens is 390 g/mol. The van der Waals surface area contributed by atoms with Crippen molar-refractivity contribution in [2.45, 2.75) is 25.3 Å². The lowest BCUT2D eigenvalue weighted by atomic mass is 10.1. The summed E-state index contributed by atoms with van der Waals surface area (Å²) in [4.78, 5) is 26.8. The molecule has 4 rings (SSSR count). The molecule has 2 aliphatic heterocycles. The number of rotatable bonds is 6. The highest BCUT2D eigenvalue weighted by Crippen LogP contribution is 2.35. The van der Waals surface area contributed by atoms with Gasteiger partial charge in [-0.15, -0.1) is 0 Å². The van der Waals surface area contributed by atoms with Crippen LogP contribution in [0.1, 0.15) is 28.8 Å². The van der Waals surface area contributed by atoms with Crippen LogP contribution in [0, 0.1) is 0 Å². The van der Waals surface area contributed by atoms with Gasteiger partial charge >= 0.3 is 0 Å². The molecule has 0 aliphatic carbocycles. The Morgan fingerprint density at radius 2 is 2.10 bits per heavy atom. The molecule has 1 saturated heterocycles. The second-order valence-electron chi connectivity index (χ2n) is 7.44. The third-order valence-electron chi connectivity index (χ3n) is 5.45. The van der Waals surface area contributed by atoms with Crippen LogP contribution >= 0.6 is 11.6 Å². The predicted molar refractivity (Wildman–Crippen MR) is 113 cm³/mol. The van der Waals surface area contributed by atoms with Gasteiger partial charge in [-0.05, 0) is 43.5 Å². The summed E-state index contributed by atoms with van der Waals surface area (Å²) in [6.07, 6.45) is 3.20. The first kappa shape index (κ1) is 19.7. The largest absolute Gasteiger partial charge is 0.481 e. The van der Waals surface area contributed by atoms with Crippen LogP contribution in [-0.4, -0.2) is 49.0 Å². The highest BCUT2D eigenvalue weighted by atomic mass is 35.5. The summed E-state index contributed by atoms with van der Waals surface area (Å²) in [5, 5.41) is 6.10. The molecule has 7 heteroatoms. The van der Waals surface area contributed by atoms with Crippen molar-refractivity contribution >= 4 is 29.1 Å². The van der Waals surface area contributed by atoms with Crippen LogP contribution in [0.2, 0.25) is 5.02 Å². The molecule has 0 saturated carbocycles. The van der Waals surface area contributed by atoms with Crippen LogP contribution in [0.25, 0.3) is 0 Å². The van der Waals surface area contributed by atoms with Crippen molar-refractivity contribution in [1.29, 1.82) is 0 Å². The summed E-state index contributed by atoms with van der Waals surface area (Å²) in [5.41, 5.74) is 2.11. The van der Waals surface area contributed by atoms with E-state index >= 15 is 0 Å². The Labute approximate surface area is 175 Å².